The molecule has 0 radical (unpaired) electrons. The Balaban J connectivity index is 1.72. The van der Waals surface area contributed by atoms with Crippen molar-refractivity contribution in [2.75, 3.05) is 0 Å². The summed E-state index contributed by atoms with van der Waals surface area (Å²) in [5.74, 6) is -0.742. The van der Waals surface area contributed by atoms with Gasteiger partial charge >= 0.3 is 0 Å². The number of oxime groups is 1. The Labute approximate surface area is 183 Å². The Morgan fingerprint density at radius 3 is 2.40 bits per heavy atom. The maximum atomic E-state index is 13.3. The Morgan fingerprint density at radius 2 is 1.77 bits per heavy atom. The lowest BCUT2D eigenvalue weighted by Crippen LogP contribution is -2.43. The van der Waals surface area contributed by atoms with Crippen LogP contribution < -0.4 is 4.72 Å². The number of nitrogens with zero attached hydrogens (tertiary/aromatic N) is 1. The molecule has 9 heteroatoms. The minimum Gasteiger partial charge on any atom is -0.385 e. The van der Waals surface area contributed by atoms with E-state index in [9.17, 15) is 13.2 Å². The monoisotopic (exact) mass is 460 g/mol. The van der Waals surface area contributed by atoms with Crippen LogP contribution in [-0.2, 0) is 14.9 Å². The van der Waals surface area contributed by atoms with Crippen molar-refractivity contribution in [1.82, 2.24) is 4.72 Å². The average molecular weight is 461 g/mol. The Bertz CT molecular complexity index is 1210. The van der Waals surface area contributed by atoms with E-state index in [4.69, 9.17) is 16.4 Å². The second-order valence-corrected chi connectivity index (χ2v) is 10.3. The highest BCUT2D eigenvalue weighted by molar-refractivity contribution is 7.91. The zero-order valence-corrected chi connectivity index (χ0v) is 18.2. The molecule has 154 valence electrons. The van der Waals surface area contributed by atoms with Crippen LogP contribution in [0, 0.1) is 6.92 Å². The highest BCUT2D eigenvalue weighted by Crippen LogP contribution is 2.34. The van der Waals surface area contributed by atoms with E-state index in [1.54, 1.807) is 42.5 Å². The van der Waals surface area contributed by atoms with Crippen LogP contribution in [0.1, 0.15) is 32.5 Å². The van der Waals surface area contributed by atoms with Gasteiger partial charge in [0.15, 0.2) is 11.4 Å². The number of benzene rings is 2. The van der Waals surface area contributed by atoms with E-state index >= 15 is 0 Å². The van der Waals surface area contributed by atoms with Gasteiger partial charge in [0.05, 0.1) is 9.21 Å². The highest BCUT2D eigenvalue weighted by Gasteiger charge is 2.46. The fourth-order valence-corrected chi connectivity index (χ4v) is 5.67. The number of amides is 1. The lowest BCUT2D eigenvalue weighted by atomic mass is 9.99. The molecule has 2 unspecified atom stereocenters. The summed E-state index contributed by atoms with van der Waals surface area (Å²) in [5, 5.41) is 2.88. The van der Waals surface area contributed by atoms with Crippen LogP contribution in [0.15, 0.2) is 71.9 Å². The summed E-state index contributed by atoms with van der Waals surface area (Å²) >= 11 is 6.87. The van der Waals surface area contributed by atoms with Crippen molar-refractivity contribution in [3.63, 3.8) is 0 Å². The van der Waals surface area contributed by atoms with E-state index in [1.165, 1.54) is 6.07 Å². The topological polar surface area (TPSA) is 84.8 Å². The van der Waals surface area contributed by atoms with Gasteiger partial charge in [-0.15, -0.1) is 11.3 Å². The summed E-state index contributed by atoms with van der Waals surface area (Å²) in [4.78, 5) is 18.3. The molecule has 0 fully saturated rings. The zero-order chi connectivity index (χ0) is 21.3. The molecule has 3 aromatic rings. The summed E-state index contributed by atoms with van der Waals surface area (Å²) in [6, 6.07) is 19.3. The van der Waals surface area contributed by atoms with Gasteiger partial charge in [-0.2, -0.15) is 0 Å². The van der Waals surface area contributed by atoms with Gasteiger partial charge in [0, 0.05) is 5.56 Å². The predicted molar refractivity (Wildman–Crippen MR) is 117 cm³/mol. The molecule has 1 amide bonds. The minimum atomic E-state index is -4.19. The van der Waals surface area contributed by atoms with E-state index in [0.29, 0.717) is 15.5 Å². The van der Waals surface area contributed by atoms with Crippen LogP contribution >= 0.6 is 22.9 Å². The maximum Gasteiger partial charge on any atom is 0.274 e. The van der Waals surface area contributed by atoms with Crippen LogP contribution in [0.25, 0.3) is 0 Å². The number of carbonyl (C=O) groups excluding carboxylic acids is 1. The normalized spacial score (nSPS) is 18.5. The molecule has 2 heterocycles. The first-order valence-corrected chi connectivity index (χ1v) is 11.8. The number of nitrogens with one attached hydrogen (secondary N) is 1. The summed E-state index contributed by atoms with van der Waals surface area (Å²) in [6.45, 7) is 1.94. The first-order chi connectivity index (χ1) is 14.3. The Kier molecular flexibility index (Phi) is 5.64. The van der Waals surface area contributed by atoms with Crippen molar-refractivity contribution in [3.05, 3.63) is 92.6 Å². The van der Waals surface area contributed by atoms with E-state index in [1.807, 2.05) is 25.1 Å². The van der Waals surface area contributed by atoms with Gasteiger partial charge in [-0.25, -0.2) is 13.1 Å². The van der Waals surface area contributed by atoms with Gasteiger partial charge in [0.25, 0.3) is 5.91 Å². The van der Waals surface area contributed by atoms with Gasteiger partial charge < -0.3 is 4.84 Å². The number of hydrogen-bond donors (Lipinski definition) is 1. The third-order valence-corrected chi connectivity index (χ3v) is 7.49. The number of sulfonamides is 1. The first kappa shape index (κ1) is 20.6. The van der Waals surface area contributed by atoms with Gasteiger partial charge in [-0.3, -0.25) is 4.79 Å². The maximum absolute atomic E-state index is 13.3. The van der Waals surface area contributed by atoms with Crippen molar-refractivity contribution in [2.45, 2.75) is 18.3 Å². The second-order valence-electron chi connectivity index (χ2n) is 6.78. The molecule has 30 heavy (non-hydrogen) atoms. The quantitative estimate of drug-likeness (QED) is 0.614. The molecule has 0 saturated heterocycles. The van der Waals surface area contributed by atoms with Crippen molar-refractivity contribution in [1.29, 1.82) is 0 Å². The standard InChI is InChI=1S/C21H17ClN2O4S2/c1-13-7-9-15(10-8-13)19-20(18(23-28-19)14-5-3-2-4-6-14)30(26,27)24-21(25)16-11-12-17(22)29-16/h2-12,19-20H,1H3,(H,24,25). The zero-order valence-electron chi connectivity index (χ0n) is 15.8. The molecule has 0 spiro atoms. The fraction of sp³-hybridized carbons (Fsp3) is 0.143. The molecule has 0 bridgehead atoms. The summed E-state index contributed by atoms with van der Waals surface area (Å²) in [5.41, 5.74) is 2.53. The lowest BCUT2D eigenvalue weighted by Gasteiger charge is -2.20. The predicted octanol–water partition coefficient (Wildman–Crippen LogP) is 4.31. The molecule has 2 atom stereocenters. The smallest absolute Gasteiger partial charge is 0.274 e. The van der Waals surface area contributed by atoms with Crippen molar-refractivity contribution in [3.8, 4) is 0 Å². The van der Waals surface area contributed by atoms with Gasteiger partial charge in [-0.1, -0.05) is 76.9 Å². The molecule has 2 aromatic carbocycles. The van der Waals surface area contributed by atoms with E-state index in [-0.39, 0.29) is 10.6 Å². The first-order valence-electron chi connectivity index (χ1n) is 9.02. The molecule has 1 N–H and O–H groups in total. The number of rotatable bonds is 5. The molecule has 6 nitrogen and oxygen atoms in total. The number of aryl methyl sites for hydroxylation is 1. The molecule has 1 aliphatic heterocycles. The lowest BCUT2D eigenvalue weighted by molar-refractivity contribution is 0.0865. The van der Waals surface area contributed by atoms with Crippen LogP contribution in [0.5, 0.6) is 0 Å². The summed E-state index contributed by atoms with van der Waals surface area (Å²) < 4.78 is 29.2. The van der Waals surface area contributed by atoms with Crippen LogP contribution in [-0.4, -0.2) is 25.3 Å². The summed E-state index contributed by atoms with van der Waals surface area (Å²) in [7, 11) is -4.19. The summed E-state index contributed by atoms with van der Waals surface area (Å²) in [6.07, 6.45) is -0.891. The largest absolute Gasteiger partial charge is 0.385 e. The molecule has 0 saturated carbocycles. The molecule has 0 aliphatic carbocycles. The second kappa shape index (κ2) is 8.22. The van der Waals surface area contributed by atoms with E-state index in [0.717, 1.165) is 16.9 Å². The number of hydrogen-bond acceptors (Lipinski definition) is 6. The highest BCUT2D eigenvalue weighted by atomic mass is 35.5. The van der Waals surface area contributed by atoms with Crippen molar-refractivity contribution in [2.24, 2.45) is 5.16 Å². The third-order valence-electron chi connectivity index (χ3n) is 4.65. The number of carbonyl (C=O) groups is 1. The molecule has 1 aliphatic rings. The van der Waals surface area contributed by atoms with Gasteiger partial charge in [0.2, 0.25) is 10.0 Å². The Hall–Kier alpha value is -2.68. The molecule has 4 rings (SSSR count). The fourth-order valence-electron chi connectivity index (χ4n) is 3.17. The molecular weight excluding hydrogens is 444 g/mol. The van der Waals surface area contributed by atoms with Crippen LogP contribution in [0.4, 0.5) is 0 Å². The SMILES string of the molecule is Cc1ccc(C2ON=C(c3ccccc3)C2S(=O)(=O)NC(=O)c2ccc(Cl)s2)cc1. The van der Waals surface area contributed by atoms with Gasteiger partial charge in [-0.05, 0) is 24.6 Å². The van der Waals surface area contributed by atoms with Crippen molar-refractivity contribution >= 4 is 44.6 Å². The minimum absolute atomic E-state index is 0.201. The molecule has 1 aromatic heterocycles. The van der Waals surface area contributed by atoms with Crippen LogP contribution in [0.3, 0.4) is 0 Å². The van der Waals surface area contributed by atoms with Crippen molar-refractivity contribution < 1.29 is 18.0 Å². The van der Waals surface area contributed by atoms with Gasteiger partial charge in [0.1, 0.15) is 5.71 Å². The number of thiophene rings is 1. The average Bonchev–Trinajstić information content (AvgIpc) is 3.36. The van der Waals surface area contributed by atoms with Crippen LogP contribution in [0.2, 0.25) is 4.34 Å². The Morgan fingerprint density at radius 1 is 1.07 bits per heavy atom. The number of halogens is 1. The van der Waals surface area contributed by atoms with E-state index < -0.39 is 27.3 Å². The molecular formula is C21H17ClN2O4S2. The third kappa shape index (κ3) is 4.12. The van der Waals surface area contributed by atoms with E-state index in [2.05, 4.69) is 9.88 Å².